The summed E-state index contributed by atoms with van der Waals surface area (Å²) in [6.45, 7) is 5.32. The molecule has 3 aromatic rings. The second-order valence-corrected chi connectivity index (χ2v) is 6.55. The van der Waals surface area contributed by atoms with Gasteiger partial charge in [0.25, 0.3) is 0 Å². The van der Waals surface area contributed by atoms with Crippen molar-refractivity contribution in [2.75, 3.05) is 11.1 Å². The summed E-state index contributed by atoms with van der Waals surface area (Å²) in [6, 6.07) is 12.6. The van der Waals surface area contributed by atoms with Crippen LogP contribution in [0.5, 0.6) is 0 Å². The lowest BCUT2D eigenvalue weighted by molar-refractivity contribution is 0.249. The molecule has 8 nitrogen and oxygen atoms in total. The van der Waals surface area contributed by atoms with Crippen LogP contribution in [0.25, 0.3) is 0 Å². The second kappa shape index (κ2) is 11.5. The standard InChI is InChI=1S/C21H21FN6O2.C2H6/c1-12(13-5-3-2-4-6-13)26-21(30)28-18-10-15(23)19(16(11-29)27-18)20(24)14-7-8-25-17(22)9-14;1-2/h2-10,12,24,29H,11H2,1H3,(H4,23,26,27,28,30);1-2H3. The molecule has 2 aromatic heterocycles. The first-order valence-corrected chi connectivity index (χ1v) is 10.1. The molecule has 0 aliphatic heterocycles. The first-order valence-electron chi connectivity index (χ1n) is 10.1. The van der Waals surface area contributed by atoms with Crippen LogP contribution >= 0.6 is 0 Å². The molecule has 6 N–H and O–H groups in total. The van der Waals surface area contributed by atoms with E-state index in [9.17, 15) is 14.3 Å². The van der Waals surface area contributed by atoms with Gasteiger partial charge in [-0.3, -0.25) is 10.7 Å². The minimum absolute atomic E-state index is 0.0867. The van der Waals surface area contributed by atoms with Gasteiger partial charge in [-0.25, -0.2) is 14.8 Å². The molecule has 1 unspecified atom stereocenters. The molecule has 1 aromatic carbocycles. The number of anilines is 2. The number of aliphatic hydroxyl groups excluding tert-OH is 1. The van der Waals surface area contributed by atoms with E-state index in [2.05, 4.69) is 20.6 Å². The number of hydrogen-bond donors (Lipinski definition) is 5. The third-order valence-corrected chi connectivity index (χ3v) is 4.43. The van der Waals surface area contributed by atoms with E-state index >= 15 is 0 Å². The van der Waals surface area contributed by atoms with Gasteiger partial charge in [0, 0.05) is 35.1 Å². The smallest absolute Gasteiger partial charge is 0.320 e. The molecule has 168 valence electrons. The largest absolute Gasteiger partial charge is 0.398 e. The number of rotatable bonds is 6. The number of pyridine rings is 2. The van der Waals surface area contributed by atoms with Crippen LogP contribution in [0.3, 0.4) is 0 Å². The summed E-state index contributed by atoms with van der Waals surface area (Å²) in [6.07, 6.45) is 1.23. The van der Waals surface area contributed by atoms with Crippen molar-refractivity contribution in [3.63, 3.8) is 0 Å². The molecule has 1 atom stereocenters. The molecule has 9 heteroatoms. The number of aliphatic hydroxyl groups is 1. The van der Waals surface area contributed by atoms with Crippen LogP contribution in [0.15, 0.2) is 54.7 Å². The van der Waals surface area contributed by atoms with E-state index in [-0.39, 0.29) is 40.1 Å². The number of aromatic nitrogens is 2. The quantitative estimate of drug-likeness (QED) is 0.292. The third-order valence-electron chi connectivity index (χ3n) is 4.43. The lowest BCUT2D eigenvalue weighted by Gasteiger charge is -2.17. The Hall–Kier alpha value is -3.85. The first-order chi connectivity index (χ1) is 15.4. The summed E-state index contributed by atoms with van der Waals surface area (Å²) < 4.78 is 13.4. The summed E-state index contributed by atoms with van der Waals surface area (Å²) in [4.78, 5) is 20.0. The lowest BCUT2D eigenvalue weighted by Crippen LogP contribution is -2.31. The van der Waals surface area contributed by atoms with E-state index in [1.807, 2.05) is 51.1 Å². The van der Waals surface area contributed by atoms with E-state index < -0.39 is 18.6 Å². The Morgan fingerprint density at radius 3 is 2.53 bits per heavy atom. The molecule has 0 spiro atoms. The topological polar surface area (TPSA) is 137 Å². The Morgan fingerprint density at radius 1 is 1.22 bits per heavy atom. The van der Waals surface area contributed by atoms with Crippen LogP contribution in [-0.2, 0) is 6.61 Å². The van der Waals surface area contributed by atoms with Gasteiger partial charge in [-0.2, -0.15) is 4.39 Å². The fourth-order valence-electron chi connectivity index (χ4n) is 2.96. The maximum Gasteiger partial charge on any atom is 0.320 e. The minimum atomic E-state index is -0.739. The van der Waals surface area contributed by atoms with Crippen molar-refractivity contribution in [2.45, 2.75) is 33.4 Å². The van der Waals surface area contributed by atoms with Crippen molar-refractivity contribution in [2.24, 2.45) is 0 Å². The highest BCUT2D eigenvalue weighted by Gasteiger charge is 2.18. The average Bonchev–Trinajstić information content (AvgIpc) is 2.80. The minimum Gasteiger partial charge on any atom is -0.398 e. The van der Waals surface area contributed by atoms with E-state index in [1.54, 1.807) is 0 Å². The number of hydrogen-bond acceptors (Lipinski definition) is 6. The highest BCUT2D eigenvalue weighted by Crippen LogP contribution is 2.24. The number of nitrogen functional groups attached to an aromatic ring is 1. The van der Waals surface area contributed by atoms with Crippen molar-refractivity contribution >= 4 is 23.2 Å². The Morgan fingerprint density at radius 2 is 1.91 bits per heavy atom. The molecule has 0 radical (unpaired) electrons. The van der Waals surface area contributed by atoms with Crippen molar-refractivity contribution in [3.8, 4) is 0 Å². The molecule has 0 fully saturated rings. The number of carbonyl (C=O) groups excluding carboxylic acids is 1. The van der Waals surface area contributed by atoms with Crippen LogP contribution in [0.4, 0.5) is 20.7 Å². The number of benzene rings is 1. The summed E-state index contributed by atoms with van der Waals surface area (Å²) >= 11 is 0. The fourth-order valence-corrected chi connectivity index (χ4v) is 2.96. The molecule has 32 heavy (non-hydrogen) atoms. The van der Waals surface area contributed by atoms with Gasteiger partial charge in [0.1, 0.15) is 5.82 Å². The number of nitrogens with two attached hydrogens (primary N) is 1. The monoisotopic (exact) mass is 438 g/mol. The van der Waals surface area contributed by atoms with Gasteiger partial charge in [0.05, 0.1) is 24.1 Å². The predicted molar refractivity (Wildman–Crippen MR) is 123 cm³/mol. The molecule has 3 rings (SSSR count). The zero-order chi connectivity index (χ0) is 23.7. The molecule has 0 bridgehead atoms. The second-order valence-electron chi connectivity index (χ2n) is 6.55. The van der Waals surface area contributed by atoms with Crippen molar-refractivity contribution < 1.29 is 14.3 Å². The van der Waals surface area contributed by atoms with Crippen LogP contribution in [-0.4, -0.2) is 26.8 Å². The summed E-state index contributed by atoms with van der Waals surface area (Å²) in [5.41, 5.74) is 7.49. The number of nitrogens with one attached hydrogen (secondary N) is 3. The zero-order valence-electron chi connectivity index (χ0n) is 18.2. The fraction of sp³-hybridized carbons (Fsp3) is 0.217. The Balaban J connectivity index is 0.00000176. The SMILES string of the molecule is CC.CC(NC(=O)Nc1cc(N)c(C(=N)c2ccnc(F)c2)c(CO)n1)c1ccccc1. The molecule has 0 aliphatic rings. The maximum absolute atomic E-state index is 13.4. The predicted octanol–water partition coefficient (Wildman–Crippen LogP) is 4.02. The van der Waals surface area contributed by atoms with Crippen molar-refractivity contribution in [3.05, 3.63) is 83.1 Å². The molecule has 0 aliphatic carbocycles. The lowest BCUT2D eigenvalue weighted by atomic mass is 10.00. The number of nitrogens with zero attached hydrogens (tertiary/aromatic N) is 2. The number of halogens is 1. The molecule has 0 saturated carbocycles. The van der Waals surface area contributed by atoms with Crippen molar-refractivity contribution in [1.82, 2.24) is 15.3 Å². The van der Waals surface area contributed by atoms with E-state index in [1.165, 1.54) is 18.3 Å². The highest BCUT2D eigenvalue weighted by atomic mass is 19.1. The maximum atomic E-state index is 13.4. The number of carbonyl (C=O) groups is 1. The van der Waals surface area contributed by atoms with Crippen LogP contribution in [0.2, 0.25) is 0 Å². The van der Waals surface area contributed by atoms with E-state index in [4.69, 9.17) is 11.1 Å². The summed E-state index contributed by atoms with van der Waals surface area (Å²) in [5, 5.41) is 23.4. The van der Waals surface area contributed by atoms with Crippen LogP contribution in [0, 0.1) is 11.4 Å². The number of amides is 2. The van der Waals surface area contributed by atoms with Gasteiger partial charge < -0.3 is 16.2 Å². The molecular formula is C23H27FN6O2. The van der Waals surface area contributed by atoms with Gasteiger partial charge in [-0.15, -0.1) is 0 Å². The van der Waals surface area contributed by atoms with Gasteiger partial charge >= 0.3 is 6.03 Å². The van der Waals surface area contributed by atoms with Gasteiger partial charge in [-0.05, 0) is 18.6 Å². The molecule has 0 saturated heterocycles. The Kier molecular flexibility index (Phi) is 8.79. The Labute approximate surface area is 186 Å². The molecular weight excluding hydrogens is 411 g/mol. The van der Waals surface area contributed by atoms with Gasteiger partial charge in [0.15, 0.2) is 0 Å². The normalized spacial score (nSPS) is 11.0. The van der Waals surface area contributed by atoms with Gasteiger partial charge in [-0.1, -0.05) is 44.2 Å². The number of urea groups is 1. The Bertz CT molecular complexity index is 1080. The van der Waals surface area contributed by atoms with E-state index in [0.717, 1.165) is 11.6 Å². The molecule has 2 amide bonds. The summed E-state index contributed by atoms with van der Waals surface area (Å²) in [7, 11) is 0. The average molecular weight is 439 g/mol. The van der Waals surface area contributed by atoms with Gasteiger partial charge in [0.2, 0.25) is 5.95 Å². The van der Waals surface area contributed by atoms with Crippen LogP contribution < -0.4 is 16.4 Å². The molecule has 2 heterocycles. The van der Waals surface area contributed by atoms with Crippen LogP contribution in [0.1, 0.15) is 49.2 Å². The highest BCUT2D eigenvalue weighted by molar-refractivity contribution is 6.14. The summed E-state index contributed by atoms with van der Waals surface area (Å²) in [5.74, 6) is -0.622. The third kappa shape index (κ3) is 6.08. The van der Waals surface area contributed by atoms with E-state index in [0.29, 0.717) is 0 Å². The van der Waals surface area contributed by atoms with Crippen molar-refractivity contribution in [1.29, 1.82) is 5.41 Å². The zero-order valence-corrected chi connectivity index (χ0v) is 18.2. The first kappa shape index (κ1) is 24.4.